The summed E-state index contributed by atoms with van der Waals surface area (Å²) in [6, 6.07) is 5.89. The fourth-order valence-corrected chi connectivity index (χ4v) is 1.99. The maximum absolute atomic E-state index is 6.16. The Kier molecular flexibility index (Phi) is 2.21. The Hall–Kier alpha value is -1.35. The molecule has 0 N–H and O–H groups in total. The molecular weight excluding hydrogens is 222 g/mol. The standard InChI is InChI=1S/C12H12ClN3/c1-8-4-5-14-12(6-8)16-11(13)7-10(15-16)9-2-3-9/h4-7,9H,2-3H2,1H3. The molecule has 3 nitrogen and oxygen atoms in total. The Bertz CT molecular complexity index is 529. The van der Waals surface area contributed by atoms with Crippen LogP contribution in [0.3, 0.4) is 0 Å². The predicted molar refractivity (Wildman–Crippen MR) is 63.1 cm³/mol. The van der Waals surface area contributed by atoms with E-state index < -0.39 is 0 Å². The number of aryl methyl sites for hydroxylation is 1. The van der Waals surface area contributed by atoms with E-state index in [1.54, 1.807) is 10.9 Å². The van der Waals surface area contributed by atoms with Crippen LogP contribution in [0.4, 0.5) is 0 Å². The van der Waals surface area contributed by atoms with E-state index in [9.17, 15) is 0 Å². The third-order valence-electron chi connectivity index (χ3n) is 2.80. The van der Waals surface area contributed by atoms with Gasteiger partial charge in [0.1, 0.15) is 5.15 Å². The maximum atomic E-state index is 6.16. The second-order valence-electron chi connectivity index (χ2n) is 4.27. The Morgan fingerprint density at radius 3 is 2.88 bits per heavy atom. The van der Waals surface area contributed by atoms with Crippen LogP contribution >= 0.6 is 11.6 Å². The van der Waals surface area contributed by atoms with E-state index in [0.717, 1.165) is 17.1 Å². The minimum absolute atomic E-state index is 0.614. The van der Waals surface area contributed by atoms with Gasteiger partial charge in [-0.25, -0.2) is 9.67 Å². The highest BCUT2D eigenvalue weighted by Crippen LogP contribution is 2.40. The molecule has 1 aliphatic carbocycles. The van der Waals surface area contributed by atoms with E-state index >= 15 is 0 Å². The van der Waals surface area contributed by atoms with Gasteiger partial charge >= 0.3 is 0 Å². The first-order chi connectivity index (χ1) is 7.74. The summed E-state index contributed by atoms with van der Waals surface area (Å²) in [7, 11) is 0. The van der Waals surface area contributed by atoms with Crippen LogP contribution in [0.2, 0.25) is 5.15 Å². The van der Waals surface area contributed by atoms with Crippen molar-refractivity contribution in [1.82, 2.24) is 14.8 Å². The molecule has 0 amide bonds. The molecule has 0 aliphatic heterocycles. The lowest BCUT2D eigenvalue weighted by molar-refractivity contribution is 0.812. The molecule has 82 valence electrons. The molecule has 2 aromatic heterocycles. The van der Waals surface area contributed by atoms with Crippen LogP contribution in [0.1, 0.15) is 30.0 Å². The lowest BCUT2D eigenvalue weighted by Gasteiger charge is -2.02. The van der Waals surface area contributed by atoms with E-state index in [1.807, 2.05) is 25.1 Å². The predicted octanol–water partition coefficient (Wildman–Crippen LogP) is 3.11. The van der Waals surface area contributed by atoms with Crippen molar-refractivity contribution in [2.75, 3.05) is 0 Å². The highest BCUT2D eigenvalue weighted by atomic mass is 35.5. The number of pyridine rings is 1. The zero-order chi connectivity index (χ0) is 11.1. The number of hydrogen-bond acceptors (Lipinski definition) is 2. The average Bonchev–Trinajstić information content (AvgIpc) is 3.02. The molecule has 4 heteroatoms. The third kappa shape index (κ3) is 1.71. The number of aromatic nitrogens is 3. The number of nitrogens with zero attached hydrogens (tertiary/aromatic N) is 3. The van der Waals surface area contributed by atoms with Crippen LogP contribution in [0, 0.1) is 6.92 Å². The van der Waals surface area contributed by atoms with E-state index in [1.165, 1.54) is 12.8 Å². The second kappa shape index (κ2) is 3.59. The molecule has 0 atom stereocenters. The summed E-state index contributed by atoms with van der Waals surface area (Å²) in [6.45, 7) is 2.03. The van der Waals surface area contributed by atoms with Crippen molar-refractivity contribution in [3.63, 3.8) is 0 Å². The van der Waals surface area contributed by atoms with Gasteiger partial charge in [0.15, 0.2) is 5.82 Å². The third-order valence-corrected chi connectivity index (χ3v) is 3.07. The summed E-state index contributed by atoms with van der Waals surface area (Å²) in [5.41, 5.74) is 2.25. The molecule has 2 aromatic rings. The van der Waals surface area contributed by atoms with Gasteiger partial charge in [0.25, 0.3) is 0 Å². The largest absolute Gasteiger partial charge is 0.237 e. The summed E-state index contributed by atoms with van der Waals surface area (Å²) >= 11 is 6.16. The minimum atomic E-state index is 0.614. The van der Waals surface area contributed by atoms with E-state index in [0.29, 0.717) is 11.1 Å². The van der Waals surface area contributed by atoms with Gasteiger partial charge in [-0.1, -0.05) is 11.6 Å². The Balaban J connectivity index is 2.04. The smallest absolute Gasteiger partial charge is 0.155 e. The summed E-state index contributed by atoms with van der Waals surface area (Å²) in [5.74, 6) is 1.40. The number of halogens is 1. The molecule has 0 aromatic carbocycles. The van der Waals surface area contributed by atoms with Crippen molar-refractivity contribution in [3.05, 3.63) is 40.8 Å². The molecule has 0 saturated heterocycles. The lowest BCUT2D eigenvalue weighted by Crippen LogP contribution is -2.00. The van der Waals surface area contributed by atoms with Gasteiger partial charge in [-0.3, -0.25) is 0 Å². The first-order valence-corrected chi connectivity index (χ1v) is 5.80. The van der Waals surface area contributed by atoms with Gasteiger partial charge in [-0.05, 0) is 43.5 Å². The summed E-state index contributed by atoms with van der Waals surface area (Å²) < 4.78 is 1.71. The SMILES string of the molecule is Cc1ccnc(-n2nc(C3CC3)cc2Cl)c1. The molecule has 0 spiro atoms. The van der Waals surface area contributed by atoms with Crippen LogP contribution in [0.15, 0.2) is 24.4 Å². The maximum Gasteiger partial charge on any atom is 0.155 e. The quantitative estimate of drug-likeness (QED) is 0.798. The van der Waals surface area contributed by atoms with Crippen LogP contribution in [0.5, 0.6) is 0 Å². The highest BCUT2D eigenvalue weighted by molar-refractivity contribution is 6.29. The van der Waals surface area contributed by atoms with E-state index in [2.05, 4.69) is 10.1 Å². The van der Waals surface area contributed by atoms with Gasteiger partial charge in [-0.2, -0.15) is 5.10 Å². The zero-order valence-electron chi connectivity index (χ0n) is 9.02. The molecule has 1 saturated carbocycles. The van der Waals surface area contributed by atoms with Crippen LogP contribution in [-0.2, 0) is 0 Å². The van der Waals surface area contributed by atoms with Crippen molar-refractivity contribution in [2.45, 2.75) is 25.7 Å². The average molecular weight is 234 g/mol. The molecule has 0 unspecified atom stereocenters. The molecule has 16 heavy (non-hydrogen) atoms. The van der Waals surface area contributed by atoms with Crippen molar-refractivity contribution in [2.24, 2.45) is 0 Å². The van der Waals surface area contributed by atoms with Crippen molar-refractivity contribution in [3.8, 4) is 5.82 Å². The monoisotopic (exact) mass is 233 g/mol. The van der Waals surface area contributed by atoms with Crippen molar-refractivity contribution < 1.29 is 0 Å². The number of hydrogen-bond donors (Lipinski definition) is 0. The van der Waals surface area contributed by atoms with Crippen LogP contribution in [-0.4, -0.2) is 14.8 Å². The normalized spacial score (nSPS) is 15.4. The fourth-order valence-electron chi connectivity index (χ4n) is 1.75. The topological polar surface area (TPSA) is 30.7 Å². The molecule has 0 radical (unpaired) electrons. The second-order valence-corrected chi connectivity index (χ2v) is 4.66. The van der Waals surface area contributed by atoms with Crippen molar-refractivity contribution >= 4 is 11.6 Å². The molecule has 2 heterocycles. The van der Waals surface area contributed by atoms with Crippen LogP contribution < -0.4 is 0 Å². The lowest BCUT2D eigenvalue weighted by atomic mass is 10.3. The van der Waals surface area contributed by atoms with Gasteiger partial charge in [0, 0.05) is 12.1 Å². The summed E-state index contributed by atoms with van der Waals surface area (Å²) in [6.07, 6.45) is 4.24. The minimum Gasteiger partial charge on any atom is -0.237 e. The summed E-state index contributed by atoms with van der Waals surface area (Å²) in [4.78, 5) is 4.28. The van der Waals surface area contributed by atoms with Gasteiger partial charge in [0.2, 0.25) is 0 Å². The van der Waals surface area contributed by atoms with Gasteiger partial charge in [-0.15, -0.1) is 0 Å². The Morgan fingerprint density at radius 2 is 2.19 bits per heavy atom. The van der Waals surface area contributed by atoms with Gasteiger partial charge in [0.05, 0.1) is 5.69 Å². The Labute approximate surface area is 99.1 Å². The fraction of sp³-hybridized carbons (Fsp3) is 0.333. The van der Waals surface area contributed by atoms with Crippen molar-refractivity contribution in [1.29, 1.82) is 0 Å². The van der Waals surface area contributed by atoms with E-state index in [-0.39, 0.29) is 0 Å². The van der Waals surface area contributed by atoms with Crippen LogP contribution in [0.25, 0.3) is 5.82 Å². The van der Waals surface area contributed by atoms with E-state index in [4.69, 9.17) is 11.6 Å². The molecule has 0 bridgehead atoms. The first kappa shape index (κ1) is 9.85. The summed E-state index contributed by atoms with van der Waals surface area (Å²) in [5, 5.41) is 5.14. The zero-order valence-corrected chi connectivity index (χ0v) is 9.78. The number of rotatable bonds is 2. The molecule has 1 aliphatic rings. The Morgan fingerprint density at radius 1 is 1.38 bits per heavy atom. The highest BCUT2D eigenvalue weighted by Gasteiger charge is 2.27. The molecular formula is C12H12ClN3. The molecule has 3 rings (SSSR count). The first-order valence-electron chi connectivity index (χ1n) is 5.42. The molecule has 1 fully saturated rings. The van der Waals surface area contributed by atoms with Gasteiger partial charge < -0.3 is 0 Å².